The van der Waals surface area contributed by atoms with E-state index in [0.29, 0.717) is 0 Å². The van der Waals surface area contributed by atoms with Gasteiger partial charge in [0.25, 0.3) is 0 Å². The third-order valence-electron chi connectivity index (χ3n) is 0. The molecule has 0 aromatic heterocycles. The van der Waals surface area contributed by atoms with Crippen LogP contribution in [-0.4, -0.2) is 40.4 Å². The summed E-state index contributed by atoms with van der Waals surface area (Å²) in [5, 5.41) is 8.38. The van der Waals surface area contributed by atoms with Gasteiger partial charge in [0.2, 0.25) is 0 Å². The summed E-state index contributed by atoms with van der Waals surface area (Å²) in [6.07, 6.45) is 0. The molecule has 0 fully saturated rings. The molecule has 28 valence electrons. The van der Waals surface area contributed by atoms with Crippen molar-refractivity contribution in [1.82, 2.24) is 0 Å². The molecule has 0 spiro atoms. The van der Waals surface area contributed by atoms with Crippen LogP contribution in [0, 0.1) is 10.1 Å². The maximum Gasteiger partial charge on any atom is 0.316 e. The molecule has 0 aliphatic rings. The van der Waals surface area contributed by atoms with Crippen molar-refractivity contribution >= 4 is 40.4 Å². The van der Waals surface area contributed by atoms with Gasteiger partial charge in [-0.15, -0.1) is 0 Å². The van der Waals surface area contributed by atoms with Crippen LogP contribution in [0.2, 0.25) is 0 Å². The molecule has 5 heteroatoms. The summed E-state index contributed by atoms with van der Waals surface area (Å²) in [6.45, 7) is 0. The van der Waals surface area contributed by atoms with E-state index in [9.17, 15) is 0 Å². The summed E-state index contributed by atoms with van der Waals surface area (Å²) in [6, 6.07) is 0. The molecule has 0 saturated heterocycles. The second kappa shape index (κ2) is 22.3. The summed E-state index contributed by atoms with van der Waals surface area (Å²) in [4.78, 5) is 8.12. The van der Waals surface area contributed by atoms with Gasteiger partial charge in [-0.05, 0) is 0 Å². The van der Waals surface area contributed by atoms with Crippen molar-refractivity contribution in [3.05, 3.63) is 10.1 Å². The first kappa shape index (κ1) is 17.3. The van der Waals surface area contributed by atoms with E-state index in [1.165, 1.54) is 0 Å². The van der Waals surface area contributed by atoms with Crippen LogP contribution in [0.1, 0.15) is 0 Å². The van der Waals surface area contributed by atoms with Crippen LogP contribution in [0.25, 0.3) is 0 Å². The van der Waals surface area contributed by atoms with E-state index in [4.69, 9.17) is 10.1 Å². The molecule has 0 aromatic rings. The molecule has 0 amide bonds. The fourth-order valence-electron chi connectivity index (χ4n) is 0. The third-order valence-corrected chi connectivity index (χ3v) is 0. The fraction of sp³-hybridized carbons (Fsp3) is 0. The molecule has 0 saturated carbocycles. The molecule has 0 radical (unpaired) electrons. The maximum atomic E-state index is 8.12. The van der Waals surface area contributed by atoms with Crippen LogP contribution in [0.4, 0.5) is 0 Å². The summed E-state index contributed by atoms with van der Waals surface area (Å²) >= 11 is 0. The van der Waals surface area contributed by atoms with Crippen molar-refractivity contribution in [2.75, 3.05) is 0 Å². The molecule has 0 unspecified atom stereocenters. The van der Waals surface area contributed by atoms with Gasteiger partial charge >= 0.3 is 23.1 Å². The van der Waals surface area contributed by atoms with E-state index in [0.717, 1.165) is 0 Å². The summed E-state index contributed by atoms with van der Waals surface area (Å²) in [5.74, 6) is 0. The van der Waals surface area contributed by atoms with Gasteiger partial charge < -0.3 is 0 Å². The monoisotopic (exact) mass is 103 g/mol. The zero-order valence-corrected chi connectivity index (χ0v) is 1.32. The standard InChI is InChI=1S/Al.Mg.HNO2.5H/c;;2-1-3;;;;;/h;;1H;;;;;. The number of nitrogens with one attached hydrogen (secondary N) is 1. The van der Waals surface area contributed by atoms with Crippen LogP contribution in [0.5, 0.6) is 0 Å². The van der Waals surface area contributed by atoms with Crippen LogP contribution in [0.3, 0.4) is 0 Å². The molecule has 0 bridgehead atoms. The molecule has 0 heterocycles. The minimum atomic E-state index is 0. The first-order valence-corrected chi connectivity index (χ1v) is 0.408. The Kier molecular flexibility index (Phi) is 77.0. The average Bonchev–Trinajstić information content (AvgIpc) is 0.918. The lowest BCUT2D eigenvalue weighted by molar-refractivity contribution is -0.398. The SMILES string of the molecule is O=[NH+][O-].[AlH3].[MgH2]. The lowest BCUT2D eigenvalue weighted by atomic mass is 13.4. The predicted molar refractivity (Wildman–Crippen MR) is 26.2 cm³/mol. The Balaban J connectivity index is -0.0000000200. The number of hydrogen-bond donors (Lipinski definition) is 1. The lowest BCUT2D eigenvalue weighted by Gasteiger charge is -1.36. The molecule has 0 aliphatic carbocycles. The molecular weight excluding hydrogens is 97.3 g/mol. The van der Waals surface area contributed by atoms with Crippen LogP contribution >= 0.6 is 0 Å². The quantitative estimate of drug-likeness (QED) is 0.194. The van der Waals surface area contributed by atoms with E-state index < -0.39 is 0 Å². The second-order valence-electron chi connectivity index (χ2n) is 0.0833. The fourth-order valence-corrected chi connectivity index (χ4v) is 0. The lowest BCUT2D eigenvalue weighted by Crippen LogP contribution is -2.53. The Bertz CT molecular complexity index is 17.1. The largest absolute Gasteiger partial charge is 0.316 e. The zero-order valence-electron chi connectivity index (χ0n) is 1.32. The van der Waals surface area contributed by atoms with Crippen LogP contribution < -0.4 is 5.34 Å². The van der Waals surface area contributed by atoms with Gasteiger partial charge in [-0.2, -0.15) is 0 Å². The van der Waals surface area contributed by atoms with E-state index in [1.807, 2.05) is 0 Å². The summed E-state index contributed by atoms with van der Waals surface area (Å²) in [7, 11) is 0. The highest BCUT2D eigenvalue weighted by Gasteiger charge is 1.10. The summed E-state index contributed by atoms with van der Waals surface area (Å²) < 4.78 is 0. The van der Waals surface area contributed by atoms with Crippen LogP contribution in [-0.2, 0) is 0 Å². The molecular formula is H6AlMgNO2. The van der Waals surface area contributed by atoms with Gasteiger partial charge in [0.05, 0.1) is 0 Å². The van der Waals surface area contributed by atoms with E-state index in [-0.39, 0.29) is 45.8 Å². The normalized spacial score (nSPS) is 2.40. The third kappa shape index (κ3) is 70.1. The molecule has 0 aromatic carbocycles. The zero-order chi connectivity index (χ0) is 2.71. The topological polar surface area (TPSA) is 54.1 Å². The Morgan fingerprint density at radius 1 is 1.60 bits per heavy atom. The van der Waals surface area contributed by atoms with Gasteiger partial charge in [-0.25, -0.2) is 0 Å². The van der Waals surface area contributed by atoms with Crippen molar-refractivity contribution in [1.29, 1.82) is 0 Å². The first-order valence-electron chi connectivity index (χ1n) is 0.408. The molecule has 3 nitrogen and oxygen atoms in total. The maximum absolute atomic E-state index is 8.12. The van der Waals surface area contributed by atoms with E-state index in [1.54, 1.807) is 0 Å². The minimum Gasteiger partial charge on any atom is -0.267 e. The smallest absolute Gasteiger partial charge is 0.267 e. The number of hydrogen-bond acceptors (Lipinski definition) is 2. The van der Waals surface area contributed by atoms with Gasteiger partial charge in [0.15, 0.2) is 17.4 Å². The highest BCUT2D eigenvalue weighted by Crippen LogP contribution is 0.618. The molecule has 0 rings (SSSR count). The van der Waals surface area contributed by atoms with Crippen molar-refractivity contribution in [2.45, 2.75) is 0 Å². The molecule has 0 atom stereocenters. The Labute approximate surface area is 56.0 Å². The van der Waals surface area contributed by atoms with Crippen molar-refractivity contribution in [3.8, 4) is 0 Å². The van der Waals surface area contributed by atoms with Gasteiger partial charge in [-0.1, -0.05) is 0 Å². The van der Waals surface area contributed by atoms with Crippen LogP contribution in [0.15, 0.2) is 0 Å². The molecule has 0 aliphatic heterocycles. The minimum absolute atomic E-state index is 0. The Morgan fingerprint density at radius 2 is 1.60 bits per heavy atom. The highest BCUT2D eigenvalue weighted by molar-refractivity contribution is 5.76. The van der Waals surface area contributed by atoms with Gasteiger partial charge in [-0.3, -0.25) is 10.1 Å². The molecule has 1 N–H and O–H groups in total. The first-order chi connectivity index (χ1) is 1.41. The molecule has 5 heavy (non-hydrogen) atoms. The predicted octanol–water partition coefficient (Wildman–Crippen LogP) is -3.77. The average molecular weight is 103 g/mol. The van der Waals surface area contributed by atoms with Crippen molar-refractivity contribution < 1.29 is 5.34 Å². The second-order valence-corrected chi connectivity index (χ2v) is 0.0833. The highest BCUT2D eigenvalue weighted by atomic mass is 27.0. The van der Waals surface area contributed by atoms with Crippen molar-refractivity contribution in [3.63, 3.8) is 0 Å². The Morgan fingerprint density at radius 3 is 1.60 bits per heavy atom. The number of rotatable bonds is 0. The van der Waals surface area contributed by atoms with Gasteiger partial charge in [0.1, 0.15) is 0 Å². The van der Waals surface area contributed by atoms with E-state index in [2.05, 4.69) is 0 Å². The van der Waals surface area contributed by atoms with Crippen molar-refractivity contribution in [2.24, 2.45) is 0 Å². The van der Waals surface area contributed by atoms with Gasteiger partial charge in [0, 0.05) is 5.34 Å². The summed E-state index contributed by atoms with van der Waals surface area (Å²) in [5.41, 5.74) is 0. The van der Waals surface area contributed by atoms with E-state index >= 15 is 0 Å². The Hall–Kier alpha value is 0.699.